The summed E-state index contributed by atoms with van der Waals surface area (Å²) in [5.41, 5.74) is 7.25. The molecule has 1 aliphatic rings. The molecular weight excluding hydrogens is 280 g/mol. The number of nitrogen functional groups attached to an aromatic ring is 1. The minimum atomic E-state index is -0.657. The highest BCUT2D eigenvalue weighted by atomic mass is 32.1. The van der Waals surface area contributed by atoms with Gasteiger partial charge < -0.3 is 25.8 Å². The van der Waals surface area contributed by atoms with E-state index in [1.165, 1.54) is 10.2 Å². The summed E-state index contributed by atoms with van der Waals surface area (Å²) in [6, 6.07) is 0. The highest BCUT2D eigenvalue weighted by molar-refractivity contribution is 7.78. The fourth-order valence-corrected chi connectivity index (χ4v) is 2.20. The second-order valence-electron chi connectivity index (χ2n) is 4.52. The number of hydrogen-bond donors (Lipinski definition) is 3. The van der Waals surface area contributed by atoms with Crippen molar-refractivity contribution in [3.8, 4) is 0 Å². The maximum atomic E-state index is 10.0. The largest absolute Gasteiger partial charge is 0.389 e. The molecule has 2 heterocycles. The first-order valence-corrected chi connectivity index (χ1v) is 7.07. The fraction of sp³-hybridized carbons (Fsp3) is 0.727. The maximum Gasteiger partial charge on any atom is 0.246 e. The smallest absolute Gasteiger partial charge is 0.246 e. The number of hydrogen-bond acceptors (Lipinski definition) is 7. The van der Waals surface area contributed by atoms with Gasteiger partial charge in [0.15, 0.2) is 6.17 Å². The van der Waals surface area contributed by atoms with Crippen LogP contribution in [0.15, 0.2) is 0 Å². The van der Waals surface area contributed by atoms with Crippen molar-refractivity contribution in [1.82, 2.24) is 20.1 Å². The van der Waals surface area contributed by atoms with E-state index in [1.54, 1.807) is 0 Å². The molecule has 0 aromatic carbocycles. The van der Waals surface area contributed by atoms with Gasteiger partial charge in [-0.05, 0) is 6.42 Å². The van der Waals surface area contributed by atoms with Crippen molar-refractivity contribution >= 4 is 29.6 Å². The molecule has 1 saturated heterocycles. The Kier molecular flexibility index (Phi) is 5.10. The van der Waals surface area contributed by atoms with E-state index < -0.39 is 12.3 Å². The predicted octanol–water partition coefficient (Wildman–Crippen LogP) is -0.487. The highest BCUT2D eigenvalue weighted by Gasteiger charge is 2.25. The van der Waals surface area contributed by atoms with Crippen LogP contribution in [0, 0.1) is 0 Å². The number of nitrogens with zero attached hydrogens (tertiary/aromatic N) is 4. The lowest BCUT2D eigenvalue weighted by atomic mass is 10.2. The van der Waals surface area contributed by atoms with Crippen molar-refractivity contribution in [3.63, 3.8) is 0 Å². The van der Waals surface area contributed by atoms with Crippen LogP contribution < -0.4 is 16.0 Å². The quantitative estimate of drug-likeness (QED) is 0.605. The zero-order chi connectivity index (χ0) is 14.5. The SMILES string of the molecule is CCC(O)C(NC=S)n1nc(N2CCOCC2)nc1N. The Morgan fingerprint density at radius 3 is 2.85 bits per heavy atom. The van der Waals surface area contributed by atoms with Gasteiger partial charge in [-0.1, -0.05) is 19.1 Å². The molecule has 1 aromatic heterocycles. The van der Waals surface area contributed by atoms with Gasteiger partial charge in [0.25, 0.3) is 0 Å². The lowest BCUT2D eigenvalue weighted by Gasteiger charge is -2.25. The molecule has 0 bridgehead atoms. The van der Waals surface area contributed by atoms with Gasteiger partial charge in [0, 0.05) is 13.1 Å². The van der Waals surface area contributed by atoms with E-state index in [2.05, 4.69) is 15.4 Å². The third kappa shape index (κ3) is 3.17. The first kappa shape index (κ1) is 14.9. The van der Waals surface area contributed by atoms with Gasteiger partial charge in [-0.3, -0.25) is 0 Å². The number of aliphatic hydroxyl groups is 1. The Bertz CT molecular complexity index is 448. The van der Waals surface area contributed by atoms with E-state index in [4.69, 9.17) is 22.7 Å². The molecular formula is C11H20N6O2S. The lowest BCUT2D eigenvalue weighted by Crippen LogP contribution is -2.38. The monoisotopic (exact) mass is 300 g/mol. The average molecular weight is 300 g/mol. The Hall–Kier alpha value is -1.45. The second-order valence-corrected chi connectivity index (χ2v) is 4.75. The van der Waals surface area contributed by atoms with Crippen LogP contribution in [-0.4, -0.2) is 57.8 Å². The number of aromatic nitrogens is 3. The van der Waals surface area contributed by atoms with Crippen LogP contribution in [-0.2, 0) is 4.74 Å². The number of thiocarbonyl (C=S) groups is 1. The molecule has 0 saturated carbocycles. The molecule has 9 heteroatoms. The summed E-state index contributed by atoms with van der Waals surface area (Å²) in [6.07, 6.45) is -0.622. The zero-order valence-corrected chi connectivity index (χ0v) is 12.2. The Balaban J connectivity index is 2.21. The van der Waals surface area contributed by atoms with E-state index in [0.29, 0.717) is 25.6 Å². The minimum absolute atomic E-state index is 0.244. The van der Waals surface area contributed by atoms with Crippen LogP contribution in [0.4, 0.5) is 11.9 Å². The lowest BCUT2D eigenvalue weighted by molar-refractivity contribution is 0.0959. The van der Waals surface area contributed by atoms with E-state index in [-0.39, 0.29) is 5.95 Å². The van der Waals surface area contributed by atoms with Crippen molar-refractivity contribution in [1.29, 1.82) is 0 Å². The summed E-state index contributed by atoms with van der Waals surface area (Å²) < 4.78 is 6.77. The maximum absolute atomic E-state index is 10.0. The number of nitrogens with two attached hydrogens (primary N) is 1. The molecule has 2 unspecified atom stereocenters. The molecule has 8 nitrogen and oxygen atoms in total. The van der Waals surface area contributed by atoms with Crippen molar-refractivity contribution in [2.24, 2.45) is 0 Å². The van der Waals surface area contributed by atoms with Crippen LogP contribution >= 0.6 is 12.2 Å². The van der Waals surface area contributed by atoms with Gasteiger partial charge in [-0.25, -0.2) is 4.68 Å². The van der Waals surface area contributed by atoms with Crippen LogP contribution in [0.1, 0.15) is 19.5 Å². The summed E-state index contributed by atoms with van der Waals surface area (Å²) in [4.78, 5) is 6.26. The summed E-state index contributed by atoms with van der Waals surface area (Å²) in [5, 5.41) is 17.3. The topological polar surface area (TPSA) is 101 Å². The second kappa shape index (κ2) is 6.82. The molecule has 1 fully saturated rings. The normalized spacial score (nSPS) is 18.6. The standard InChI is InChI=1S/C11H20N6O2S/c1-2-8(18)9(13-7-20)17-10(12)14-11(15-17)16-3-5-19-6-4-16/h7-9,18H,2-6H2,1H3,(H,13,20)(H2,12,14,15). The summed E-state index contributed by atoms with van der Waals surface area (Å²) in [6.45, 7) is 4.62. The molecule has 0 amide bonds. The predicted molar refractivity (Wildman–Crippen MR) is 79.6 cm³/mol. The van der Waals surface area contributed by atoms with Crippen molar-refractivity contribution in [3.05, 3.63) is 0 Å². The third-order valence-electron chi connectivity index (χ3n) is 3.23. The number of rotatable bonds is 6. The van der Waals surface area contributed by atoms with Crippen molar-refractivity contribution < 1.29 is 9.84 Å². The molecule has 2 rings (SSSR count). The van der Waals surface area contributed by atoms with E-state index in [0.717, 1.165) is 13.1 Å². The minimum Gasteiger partial charge on any atom is -0.389 e. The first-order chi connectivity index (χ1) is 9.67. The molecule has 0 aliphatic carbocycles. The molecule has 112 valence electrons. The van der Waals surface area contributed by atoms with Gasteiger partial charge in [-0.2, -0.15) is 4.98 Å². The first-order valence-electron chi connectivity index (χ1n) is 6.59. The van der Waals surface area contributed by atoms with Gasteiger partial charge in [0.1, 0.15) is 0 Å². The molecule has 20 heavy (non-hydrogen) atoms. The van der Waals surface area contributed by atoms with Gasteiger partial charge in [0.2, 0.25) is 11.9 Å². The van der Waals surface area contributed by atoms with E-state index >= 15 is 0 Å². The van der Waals surface area contributed by atoms with Crippen LogP contribution in [0.5, 0.6) is 0 Å². The van der Waals surface area contributed by atoms with Crippen LogP contribution in [0.25, 0.3) is 0 Å². The fourth-order valence-electron chi connectivity index (χ4n) is 2.06. The number of nitrogens with one attached hydrogen (secondary N) is 1. The summed E-state index contributed by atoms with van der Waals surface area (Å²) >= 11 is 4.79. The third-order valence-corrected chi connectivity index (χ3v) is 3.36. The van der Waals surface area contributed by atoms with Gasteiger partial charge >= 0.3 is 0 Å². The molecule has 2 atom stereocenters. The molecule has 0 radical (unpaired) electrons. The number of ether oxygens (including phenoxy) is 1. The Morgan fingerprint density at radius 1 is 1.55 bits per heavy atom. The molecule has 0 spiro atoms. The van der Waals surface area contributed by atoms with E-state index in [9.17, 15) is 5.11 Å². The molecule has 1 aliphatic heterocycles. The number of morpholine rings is 1. The number of aliphatic hydroxyl groups excluding tert-OH is 1. The Morgan fingerprint density at radius 2 is 2.25 bits per heavy atom. The zero-order valence-electron chi connectivity index (χ0n) is 11.4. The average Bonchev–Trinajstić information content (AvgIpc) is 2.86. The van der Waals surface area contributed by atoms with Crippen molar-refractivity contribution in [2.75, 3.05) is 36.9 Å². The summed E-state index contributed by atoms with van der Waals surface area (Å²) in [7, 11) is 0. The Labute approximate surface area is 122 Å². The molecule has 1 aromatic rings. The van der Waals surface area contributed by atoms with Gasteiger partial charge in [0.05, 0.1) is 24.8 Å². The summed E-state index contributed by atoms with van der Waals surface area (Å²) in [5.74, 6) is 0.790. The highest BCUT2D eigenvalue weighted by Crippen LogP contribution is 2.18. The number of anilines is 2. The molecule has 4 N–H and O–H groups in total. The van der Waals surface area contributed by atoms with Crippen molar-refractivity contribution in [2.45, 2.75) is 25.6 Å². The van der Waals surface area contributed by atoms with Crippen LogP contribution in [0.3, 0.4) is 0 Å². The van der Waals surface area contributed by atoms with Crippen LogP contribution in [0.2, 0.25) is 0 Å². The van der Waals surface area contributed by atoms with Gasteiger partial charge in [-0.15, -0.1) is 5.10 Å². The van der Waals surface area contributed by atoms with E-state index in [1.807, 2.05) is 11.8 Å².